The van der Waals surface area contributed by atoms with Crippen LogP contribution in [-0.2, 0) is 9.59 Å². The molecule has 0 aliphatic heterocycles. The Hall–Kier alpha value is -1.20. The molecule has 0 aromatic carbocycles. The van der Waals surface area contributed by atoms with E-state index in [0.717, 1.165) is 77.0 Å². The van der Waals surface area contributed by atoms with E-state index in [4.69, 9.17) is 5.11 Å². The second-order valence-corrected chi connectivity index (χ2v) is 16.7. The van der Waals surface area contributed by atoms with Crippen LogP contribution in [0.3, 0.4) is 0 Å². The number of aliphatic hydroxyl groups excluding tert-OH is 2. The molecule has 0 radical (unpaired) electrons. The van der Waals surface area contributed by atoms with Crippen molar-refractivity contribution in [3.8, 4) is 0 Å². The van der Waals surface area contributed by atoms with Crippen LogP contribution >= 0.6 is 0 Å². The Bertz CT molecular complexity index is 1070. The van der Waals surface area contributed by atoms with Gasteiger partial charge in [-0.05, 0) is 122 Å². The van der Waals surface area contributed by atoms with Crippen molar-refractivity contribution in [3.05, 3.63) is 11.6 Å². The predicted octanol–water partition coefficient (Wildman–Crippen LogP) is 6.61. The number of aliphatic hydroxyl groups is 2. The van der Waals surface area contributed by atoms with Gasteiger partial charge in [-0.3, -0.25) is 9.59 Å². The lowest BCUT2D eigenvalue weighted by atomic mass is 9.33. The van der Waals surface area contributed by atoms with Gasteiger partial charge in [-0.25, -0.2) is 0 Å². The fourth-order valence-corrected chi connectivity index (χ4v) is 11.2. The maximum atomic E-state index is 14.4. The third kappa shape index (κ3) is 4.21. The highest BCUT2D eigenvalue weighted by molar-refractivity contribution is 5.95. The van der Waals surface area contributed by atoms with Gasteiger partial charge < -0.3 is 15.5 Å². The lowest BCUT2D eigenvalue weighted by Crippen LogP contribution is -2.66. The molecule has 1 amide bonds. The van der Waals surface area contributed by atoms with Gasteiger partial charge in [0.05, 0.1) is 6.10 Å². The molecule has 226 valence electrons. The Morgan fingerprint density at radius 3 is 2.33 bits per heavy atom. The average Bonchev–Trinajstić information content (AvgIpc) is 2.88. The highest BCUT2D eigenvalue weighted by Crippen LogP contribution is 2.75. The minimum absolute atomic E-state index is 0.0131. The van der Waals surface area contributed by atoms with E-state index in [-0.39, 0.29) is 57.5 Å². The van der Waals surface area contributed by atoms with Gasteiger partial charge in [0.2, 0.25) is 5.91 Å². The van der Waals surface area contributed by atoms with Crippen LogP contribution in [0.4, 0.5) is 0 Å². The van der Waals surface area contributed by atoms with Crippen LogP contribution in [0, 0.1) is 50.2 Å². The van der Waals surface area contributed by atoms with E-state index >= 15 is 0 Å². The van der Waals surface area contributed by atoms with Gasteiger partial charge in [0.25, 0.3) is 0 Å². The molecule has 0 aromatic heterocycles. The van der Waals surface area contributed by atoms with Crippen molar-refractivity contribution in [3.63, 3.8) is 0 Å². The zero-order valence-corrected chi connectivity index (χ0v) is 26.5. The van der Waals surface area contributed by atoms with Crippen molar-refractivity contribution < 1.29 is 19.8 Å². The third-order valence-corrected chi connectivity index (χ3v) is 14.2. The second kappa shape index (κ2) is 9.93. The number of unbranched alkanes of at least 4 members (excludes halogenated alkanes) is 2. The number of nitrogens with one attached hydrogen (secondary N) is 1. The number of ketones is 1. The van der Waals surface area contributed by atoms with Gasteiger partial charge in [-0.1, -0.05) is 54.0 Å². The number of amides is 1. The minimum Gasteiger partial charge on any atom is -0.396 e. The molecule has 5 nitrogen and oxygen atoms in total. The predicted molar refractivity (Wildman–Crippen MR) is 159 cm³/mol. The molecule has 2 unspecified atom stereocenters. The standard InChI is InChI=1S/C35H57NO4/c1-30(2)26-11-14-35(7)28(33(26,5)13-12-27(30)39)25(38)21-23-24-22-32(4,29(40)36-19-9-8-10-20-37)16-15-31(24,3)17-18-34(23,35)6/h21,24,26-28,37,39H,8-20,22H2,1-7H3,(H,36,40)/t24-,26?,27-,28?,31+,32-,33-,34+,35+/m0/s1. The van der Waals surface area contributed by atoms with Crippen LogP contribution in [0.15, 0.2) is 11.6 Å². The number of carbonyl (C=O) groups excluding carboxylic acids is 2. The van der Waals surface area contributed by atoms with Crippen LogP contribution in [0.2, 0.25) is 0 Å². The Labute approximate surface area is 243 Å². The molecule has 4 fully saturated rings. The van der Waals surface area contributed by atoms with E-state index in [0.29, 0.717) is 18.2 Å². The molecular formula is C35H57NO4. The van der Waals surface area contributed by atoms with Crippen molar-refractivity contribution in [1.29, 1.82) is 0 Å². The molecule has 5 aliphatic carbocycles. The van der Waals surface area contributed by atoms with Crippen molar-refractivity contribution in [1.82, 2.24) is 5.32 Å². The summed E-state index contributed by atoms with van der Waals surface area (Å²) in [5.41, 5.74) is 0.618. The number of fused-ring (bicyclic) bond motifs is 7. The monoisotopic (exact) mass is 555 g/mol. The Balaban J connectivity index is 1.47. The van der Waals surface area contributed by atoms with Gasteiger partial charge in [-0.15, -0.1) is 0 Å². The maximum Gasteiger partial charge on any atom is 0.225 e. The van der Waals surface area contributed by atoms with Crippen LogP contribution in [0.25, 0.3) is 0 Å². The summed E-state index contributed by atoms with van der Waals surface area (Å²) in [6, 6.07) is 0. The maximum absolute atomic E-state index is 14.4. The minimum atomic E-state index is -0.422. The molecule has 9 atom stereocenters. The lowest BCUT2D eigenvalue weighted by molar-refractivity contribution is -0.202. The molecule has 3 N–H and O–H groups in total. The van der Waals surface area contributed by atoms with E-state index < -0.39 is 5.41 Å². The molecule has 0 bridgehead atoms. The first-order valence-corrected chi connectivity index (χ1v) is 16.4. The van der Waals surface area contributed by atoms with Gasteiger partial charge in [-0.2, -0.15) is 0 Å². The Kier molecular flexibility index (Phi) is 7.51. The summed E-state index contributed by atoms with van der Waals surface area (Å²) in [5, 5.41) is 23.2. The van der Waals surface area contributed by atoms with E-state index in [9.17, 15) is 14.7 Å². The first-order valence-electron chi connectivity index (χ1n) is 16.4. The number of carbonyl (C=O) groups is 2. The zero-order valence-electron chi connectivity index (χ0n) is 26.5. The van der Waals surface area contributed by atoms with Crippen molar-refractivity contribution in [2.45, 2.75) is 132 Å². The first kappa shape index (κ1) is 30.3. The fraction of sp³-hybridized carbons (Fsp3) is 0.886. The molecule has 0 heterocycles. The number of allylic oxidation sites excluding steroid dienone is 2. The first-order chi connectivity index (χ1) is 18.6. The number of rotatable bonds is 6. The number of hydrogen-bond donors (Lipinski definition) is 3. The van der Waals surface area contributed by atoms with Gasteiger partial charge in [0.15, 0.2) is 5.78 Å². The highest BCUT2D eigenvalue weighted by Gasteiger charge is 2.70. The third-order valence-electron chi connectivity index (χ3n) is 14.2. The summed E-state index contributed by atoms with van der Waals surface area (Å²) in [6.45, 7) is 17.2. The number of hydrogen-bond acceptors (Lipinski definition) is 4. The molecule has 40 heavy (non-hydrogen) atoms. The van der Waals surface area contributed by atoms with Gasteiger partial charge in [0.1, 0.15) is 0 Å². The molecule has 5 heteroatoms. The molecule has 0 aromatic rings. The molecule has 5 aliphatic rings. The zero-order chi connectivity index (χ0) is 29.4. The summed E-state index contributed by atoms with van der Waals surface area (Å²) in [5.74, 6) is 1.06. The Morgan fingerprint density at radius 2 is 1.62 bits per heavy atom. The van der Waals surface area contributed by atoms with Crippen LogP contribution in [-0.4, -0.2) is 41.2 Å². The molecule has 0 spiro atoms. The van der Waals surface area contributed by atoms with Crippen molar-refractivity contribution >= 4 is 11.7 Å². The lowest BCUT2D eigenvalue weighted by Gasteiger charge is -2.70. The largest absolute Gasteiger partial charge is 0.396 e. The van der Waals surface area contributed by atoms with E-state index in [2.05, 4.69) is 59.9 Å². The summed E-state index contributed by atoms with van der Waals surface area (Å²) in [7, 11) is 0. The van der Waals surface area contributed by atoms with Crippen molar-refractivity contribution in [2.24, 2.45) is 50.2 Å². The topological polar surface area (TPSA) is 86.6 Å². The van der Waals surface area contributed by atoms with Gasteiger partial charge >= 0.3 is 0 Å². The van der Waals surface area contributed by atoms with Crippen LogP contribution < -0.4 is 5.32 Å². The SMILES string of the molecule is CC1(C)C2CC[C@]3(C)C(C(=O)C=C4[C@@H]5C[C@@](C)(C(=O)NCCCCCO)CC[C@]5(C)CC[C@]43C)[C@@]2(C)CC[C@@H]1O. The fourth-order valence-electron chi connectivity index (χ4n) is 11.2. The summed E-state index contributed by atoms with van der Waals surface area (Å²) in [6.07, 6.45) is 13.2. The summed E-state index contributed by atoms with van der Waals surface area (Å²) >= 11 is 0. The molecular weight excluding hydrogens is 498 g/mol. The van der Waals surface area contributed by atoms with Gasteiger partial charge in [0, 0.05) is 24.5 Å². The van der Waals surface area contributed by atoms with Crippen LogP contribution in [0.5, 0.6) is 0 Å². The smallest absolute Gasteiger partial charge is 0.225 e. The normalized spacial score (nSPS) is 47.7. The van der Waals surface area contributed by atoms with Crippen molar-refractivity contribution in [2.75, 3.05) is 13.2 Å². The average molecular weight is 556 g/mol. The highest BCUT2D eigenvalue weighted by atomic mass is 16.3. The molecule has 5 rings (SSSR count). The van der Waals surface area contributed by atoms with E-state index in [1.807, 2.05) is 0 Å². The summed E-state index contributed by atoms with van der Waals surface area (Å²) < 4.78 is 0. The van der Waals surface area contributed by atoms with E-state index in [1.165, 1.54) is 5.57 Å². The quantitative estimate of drug-likeness (QED) is 0.322. The summed E-state index contributed by atoms with van der Waals surface area (Å²) in [4.78, 5) is 28.0. The Morgan fingerprint density at radius 1 is 0.925 bits per heavy atom. The van der Waals surface area contributed by atoms with Crippen LogP contribution in [0.1, 0.15) is 126 Å². The molecule has 0 saturated heterocycles. The second-order valence-electron chi connectivity index (χ2n) is 16.7. The van der Waals surface area contributed by atoms with E-state index in [1.54, 1.807) is 0 Å². The molecule has 4 saturated carbocycles.